The number of ether oxygens (including phenoxy) is 1. The predicted molar refractivity (Wildman–Crippen MR) is 163 cm³/mol. The van der Waals surface area contributed by atoms with Crippen LogP contribution in [0.3, 0.4) is 0 Å². The van der Waals surface area contributed by atoms with Gasteiger partial charge >= 0.3 is 0 Å². The van der Waals surface area contributed by atoms with E-state index in [-0.39, 0.29) is 5.91 Å². The van der Waals surface area contributed by atoms with Crippen LogP contribution in [-0.4, -0.2) is 75.1 Å². The first-order valence-electron chi connectivity index (χ1n) is 13.4. The molecule has 0 atom stereocenters. The molecular weight excluding hydrogens is 516 g/mol. The van der Waals surface area contributed by atoms with Gasteiger partial charge in [0.05, 0.1) is 37.4 Å². The molecule has 0 unspecified atom stereocenters. The first-order chi connectivity index (χ1) is 19.6. The monoisotopic (exact) mass is 552 g/mol. The minimum absolute atomic E-state index is 0.228. The Labute approximate surface area is 239 Å². The number of carbonyl (C=O) groups excluding carboxylic acids is 1. The minimum Gasteiger partial charge on any atom is -0.495 e. The summed E-state index contributed by atoms with van der Waals surface area (Å²) in [6, 6.07) is 5.88. The lowest BCUT2D eigenvalue weighted by molar-refractivity contribution is -0.113. The van der Waals surface area contributed by atoms with Crippen molar-refractivity contribution < 1.29 is 9.53 Å². The number of pyridine rings is 1. The Morgan fingerprint density at radius 1 is 1.10 bits per heavy atom. The van der Waals surface area contributed by atoms with Gasteiger partial charge in [-0.15, -0.1) is 0 Å². The van der Waals surface area contributed by atoms with Crippen LogP contribution in [0.25, 0.3) is 44.5 Å². The summed E-state index contributed by atoms with van der Waals surface area (Å²) in [6.07, 6.45) is 9.01. The number of aromatic nitrogens is 6. The molecule has 0 radical (unpaired) electrons. The smallest absolute Gasteiger partial charge is 0.250 e. The number of benzene rings is 1. The number of anilines is 1. The number of aromatic amines is 1. The summed E-state index contributed by atoms with van der Waals surface area (Å²) in [5, 5.41) is 10.1. The number of nitrogens with one attached hydrogen (secondary N) is 1. The average molecular weight is 553 g/mol. The van der Waals surface area contributed by atoms with Crippen LogP contribution in [0.5, 0.6) is 5.75 Å². The number of hydrogen-bond acceptors (Lipinski definition) is 6. The third kappa shape index (κ3) is 5.02. The molecule has 0 saturated carbocycles. The summed E-state index contributed by atoms with van der Waals surface area (Å²) in [6.45, 7) is 9.47. The van der Waals surface area contributed by atoms with Crippen molar-refractivity contribution in [2.75, 3.05) is 39.7 Å². The molecule has 0 bridgehead atoms. The Hall–Kier alpha value is -4.70. The van der Waals surface area contributed by atoms with Crippen LogP contribution in [0.1, 0.15) is 11.3 Å². The molecule has 10 nitrogen and oxygen atoms in total. The summed E-state index contributed by atoms with van der Waals surface area (Å²) >= 11 is 0. The number of rotatable bonds is 9. The normalized spacial score (nSPS) is 11.4. The number of amides is 1. The molecule has 1 N–H and O–H groups in total. The van der Waals surface area contributed by atoms with Crippen molar-refractivity contribution in [3.8, 4) is 39.3 Å². The van der Waals surface area contributed by atoms with Gasteiger partial charge in [0.1, 0.15) is 11.4 Å². The number of aryl methyl sites for hydroxylation is 2. The molecule has 1 aromatic carbocycles. The number of likely N-dealkylation sites (N-methyl/N-ethyl adjacent to an activating group) is 2. The fourth-order valence-electron chi connectivity index (χ4n) is 5.13. The van der Waals surface area contributed by atoms with Crippen molar-refractivity contribution in [2.24, 2.45) is 7.05 Å². The summed E-state index contributed by atoms with van der Waals surface area (Å²) in [4.78, 5) is 24.7. The second-order valence-corrected chi connectivity index (χ2v) is 10.4. The zero-order valence-corrected chi connectivity index (χ0v) is 24.7. The predicted octanol–water partition coefficient (Wildman–Crippen LogP) is 4.83. The molecule has 212 valence electrons. The zero-order chi connectivity index (χ0) is 29.4. The highest BCUT2D eigenvalue weighted by molar-refractivity contribution is 6.07. The maximum atomic E-state index is 12.6. The Kier molecular flexibility index (Phi) is 7.51. The number of fused-ring (bicyclic) bond motifs is 1. The SMILES string of the molecule is C=CC(=O)N(C)c1cc(-c2c(-c3cnn(CCN(C)C)c3)[nH]c3ncc(-c4cnn(C)c4C)c(C)c23)ccc1OC. The van der Waals surface area contributed by atoms with Crippen molar-refractivity contribution in [1.82, 2.24) is 34.4 Å². The van der Waals surface area contributed by atoms with E-state index in [0.717, 1.165) is 68.9 Å². The molecule has 0 spiro atoms. The fraction of sp³-hybridized carbons (Fsp3) is 0.290. The molecule has 4 aromatic heterocycles. The molecule has 0 aliphatic carbocycles. The van der Waals surface area contributed by atoms with Gasteiger partial charge in [0.2, 0.25) is 5.91 Å². The van der Waals surface area contributed by atoms with Crippen molar-refractivity contribution in [3.05, 3.63) is 66.9 Å². The van der Waals surface area contributed by atoms with Gasteiger partial charge < -0.3 is 19.5 Å². The molecule has 0 fully saturated rings. The Morgan fingerprint density at radius 3 is 2.54 bits per heavy atom. The number of hydrogen-bond donors (Lipinski definition) is 1. The molecule has 5 aromatic rings. The third-order valence-electron chi connectivity index (χ3n) is 7.64. The van der Waals surface area contributed by atoms with E-state index in [9.17, 15) is 4.79 Å². The van der Waals surface area contributed by atoms with Gasteiger partial charge in [-0.1, -0.05) is 12.6 Å². The first-order valence-corrected chi connectivity index (χ1v) is 13.4. The second kappa shape index (κ2) is 11.1. The van der Waals surface area contributed by atoms with Crippen LogP contribution in [-0.2, 0) is 18.4 Å². The summed E-state index contributed by atoms with van der Waals surface area (Å²) < 4.78 is 9.44. The summed E-state index contributed by atoms with van der Waals surface area (Å²) in [5.41, 5.74) is 9.35. The maximum Gasteiger partial charge on any atom is 0.250 e. The van der Waals surface area contributed by atoms with Crippen molar-refractivity contribution in [3.63, 3.8) is 0 Å². The molecule has 0 saturated heterocycles. The van der Waals surface area contributed by atoms with Crippen LogP contribution in [0.15, 0.2) is 55.6 Å². The van der Waals surface area contributed by atoms with Crippen LogP contribution in [0.4, 0.5) is 5.69 Å². The average Bonchev–Trinajstić information content (AvgIpc) is 3.68. The number of carbonyl (C=O) groups is 1. The molecule has 4 heterocycles. The minimum atomic E-state index is -0.228. The van der Waals surface area contributed by atoms with Crippen LogP contribution < -0.4 is 9.64 Å². The van der Waals surface area contributed by atoms with Gasteiger partial charge in [0.25, 0.3) is 0 Å². The standard InChI is InChI=1S/C31H36N8O2/c1-9-27(40)37(6)25-14-21(10-11-26(25)41-8)29-28-19(2)23(24-17-33-38(7)20(24)3)16-32-31(28)35-30(29)22-15-34-39(18-22)13-12-36(4)5/h9-11,14-18H,1,12-13H2,2-8H3,(H,32,35). The van der Waals surface area contributed by atoms with Gasteiger partial charge in [-0.3, -0.25) is 14.2 Å². The van der Waals surface area contributed by atoms with E-state index in [0.29, 0.717) is 11.4 Å². The van der Waals surface area contributed by atoms with E-state index >= 15 is 0 Å². The lowest BCUT2D eigenvalue weighted by Crippen LogP contribution is -2.24. The van der Waals surface area contributed by atoms with Crippen molar-refractivity contribution >= 4 is 22.6 Å². The molecule has 5 rings (SSSR count). The maximum absolute atomic E-state index is 12.6. The quantitative estimate of drug-likeness (QED) is 0.263. The van der Waals surface area contributed by atoms with Gasteiger partial charge in [-0.2, -0.15) is 10.2 Å². The zero-order valence-electron chi connectivity index (χ0n) is 24.7. The van der Waals surface area contributed by atoms with Crippen LogP contribution in [0, 0.1) is 13.8 Å². The van der Waals surface area contributed by atoms with Crippen molar-refractivity contribution in [1.29, 1.82) is 0 Å². The Morgan fingerprint density at radius 2 is 1.88 bits per heavy atom. The van der Waals surface area contributed by atoms with Crippen LogP contribution >= 0.6 is 0 Å². The highest BCUT2D eigenvalue weighted by Crippen LogP contribution is 2.44. The Balaban J connectivity index is 1.77. The lowest BCUT2D eigenvalue weighted by Gasteiger charge is -2.20. The third-order valence-corrected chi connectivity index (χ3v) is 7.64. The largest absolute Gasteiger partial charge is 0.495 e. The second-order valence-electron chi connectivity index (χ2n) is 10.4. The first kappa shape index (κ1) is 27.9. The van der Waals surface area contributed by atoms with E-state index in [1.54, 1.807) is 19.1 Å². The summed E-state index contributed by atoms with van der Waals surface area (Å²) in [5.74, 6) is 0.361. The lowest BCUT2D eigenvalue weighted by atomic mass is 9.94. The fourth-order valence-corrected chi connectivity index (χ4v) is 5.13. The summed E-state index contributed by atoms with van der Waals surface area (Å²) in [7, 11) is 9.35. The number of H-pyrrole nitrogens is 1. The molecule has 0 aliphatic heterocycles. The molecular formula is C31H36N8O2. The van der Waals surface area contributed by atoms with E-state index in [1.165, 1.54) is 6.08 Å². The molecule has 1 amide bonds. The van der Waals surface area contributed by atoms with E-state index < -0.39 is 0 Å². The van der Waals surface area contributed by atoms with Gasteiger partial charge in [0.15, 0.2) is 0 Å². The topological polar surface area (TPSA) is 97.1 Å². The highest BCUT2D eigenvalue weighted by atomic mass is 16.5. The van der Waals surface area contributed by atoms with Gasteiger partial charge in [-0.05, 0) is 57.3 Å². The van der Waals surface area contributed by atoms with Crippen molar-refractivity contribution in [2.45, 2.75) is 20.4 Å². The van der Waals surface area contributed by atoms with Gasteiger partial charge in [-0.25, -0.2) is 4.98 Å². The number of methoxy groups -OCH3 is 1. The van der Waals surface area contributed by atoms with E-state index in [4.69, 9.17) is 9.72 Å². The molecule has 10 heteroatoms. The molecule has 0 aliphatic rings. The van der Waals surface area contributed by atoms with E-state index in [1.807, 2.05) is 67.3 Å². The Bertz CT molecular complexity index is 1760. The highest BCUT2D eigenvalue weighted by Gasteiger charge is 2.23. The number of nitrogens with zero attached hydrogens (tertiary/aromatic N) is 7. The van der Waals surface area contributed by atoms with E-state index in [2.05, 4.69) is 46.7 Å². The van der Waals surface area contributed by atoms with Gasteiger partial charge in [0, 0.05) is 66.4 Å². The van der Waals surface area contributed by atoms with Crippen LogP contribution in [0.2, 0.25) is 0 Å². The molecule has 41 heavy (non-hydrogen) atoms.